The molecule has 0 unspecified atom stereocenters. The predicted molar refractivity (Wildman–Crippen MR) is 84.1 cm³/mol. The van der Waals surface area contributed by atoms with Crippen molar-refractivity contribution in [1.29, 1.82) is 0 Å². The van der Waals surface area contributed by atoms with Gasteiger partial charge in [0.1, 0.15) is 5.82 Å². The third-order valence-corrected chi connectivity index (χ3v) is 4.78. The monoisotopic (exact) mass is 290 g/mol. The van der Waals surface area contributed by atoms with Crippen molar-refractivity contribution in [2.75, 3.05) is 45.6 Å². The first-order valence-electron chi connectivity index (χ1n) is 7.96. The normalized spacial score (nSPS) is 21.4. The first-order chi connectivity index (χ1) is 10.3. The largest absolute Gasteiger partial charge is 0.384 e. The van der Waals surface area contributed by atoms with Crippen LogP contribution in [0.4, 0.5) is 5.82 Å². The van der Waals surface area contributed by atoms with Crippen LogP contribution in [0.2, 0.25) is 0 Å². The highest BCUT2D eigenvalue weighted by molar-refractivity contribution is 5.35. The summed E-state index contributed by atoms with van der Waals surface area (Å²) in [5, 5.41) is 0. The number of anilines is 1. The van der Waals surface area contributed by atoms with Crippen LogP contribution in [0.3, 0.4) is 0 Å². The fraction of sp³-hybridized carbons (Fsp3) is 0.688. The van der Waals surface area contributed by atoms with Gasteiger partial charge in [0.25, 0.3) is 0 Å². The molecule has 5 heteroatoms. The smallest absolute Gasteiger partial charge is 0.123 e. The van der Waals surface area contributed by atoms with Gasteiger partial charge in [0.2, 0.25) is 0 Å². The Bertz CT molecular complexity index is 471. The van der Waals surface area contributed by atoms with E-state index < -0.39 is 0 Å². The van der Waals surface area contributed by atoms with E-state index in [1.807, 2.05) is 6.07 Å². The van der Waals surface area contributed by atoms with E-state index in [0.29, 0.717) is 5.82 Å². The van der Waals surface area contributed by atoms with Crippen LogP contribution in [-0.4, -0.2) is 60.7 Å². The highest BCUT2D eigenvalue weighted by atomic mass is 16.5. The van der Waals surface area contributed by atoms with Crippen molar-refractivity contribution in [3.8, 4) is 0 Å². The molecular formula is C16H26N4O. The number of fused-ring (bicyclic) bond motifs is 1. The van der Waals surface area contributed by atoms with Crippen LogP contribution in [0.15, 0.2) is 12.1 Å². The third kappa shape index (κ3) is 3.54. The van der Waals surface area contributed by atoms with Crippen LogP contribution in [0.1, 0.15) is 24.1 Å². The molecule has 1 saturated heterocycles. The fourth-order valence-corrected chi connectivity index (χ4v) is 3.50. The minimum atomic E-state index is 0.647. The summed E-state index contributed by atoms with van der Waals surface area (Å²) in [4.78, 5) is 9.61. The Kier molecular flexibility index (Phi) is 4.73. The van der Waals surface area contributed by atoms with Gasteiger partial charge >= 0.3 is 0 Å². The summed E-state index contributed by atoms with van der Waals surface area (Å²) in [6.45, 7) is 6.44. The molecule has 0 atom stereocenters. The van der Waals surface area contributed by atoms with Crippen molar-refractivity contribution in [2.45, 2.75) is 31.8 Å². The van der Waals surface area contributed by atoms with Gasteiger partial charge in [0.15, 0.2) is 0 Å². The van der Waals surface area contributed by atoms with Crippen molar-refractivity contribution in [3.63, 3.8) is 0 Å². The molecule has 0 bridgehead atoms. The number of nitrogens with zero attached hydrogens (tertiary/aromatic N) is 3. The first kappa shape index (κ1) is 14.8. The number of likely N-dealkylation sites (tertiary alicyclic amines) is 1. The maximum atomic E-state index is 5.77. The molecule has 2 N–H and O–H groups in total. The van der Waals surface area contributed by atoms with Crippen molar-refractivity contribution in [3.05, 3.63) is 23.4 Å². The summed E-state index contributed by atoms with van der Waals surface area (Å²) in [6, 6.07) is 4.79. The first-order valence-corrected chi connectivity index (χ1v) is 7.96. The standard InChI is InChI=1S/C16H26N4O/c1-21-11-10-19-7-4-14(5-8-19)20-9-6-15-13(12-20)2-3-16(17)18-15/h2-3,14H,4-12H2,1H3,(H2,17,18). The van der Waals surface area contributed by atoms with Gasteiger partial charge in [-0.1, -0.05) is 6.07 Å². The molecule has 3 heterocycles. The van der Waals surface area contributed by atoms with E-state index in [0.717, 1.165) is 38.7 Å². The number of methoxy groups -OCH3 is 1. The highest BCUT2D eigenvalue weighted by Gasteiger charge is 2.27. The number of nitrogens with two attached hydrogens (primary N) is 1. The Hall–Kier alpha value is -1.17. The average Bonchev–Trinajstić information content (AvgIpc) is 2.53. The molecule has 3 rings (SSSR count). The van der Waals surface area contributed by atoms with Crippen LogP contribution >= 0.6 is 0 Å². The van der Waals surface area contributed by atoms with Crippen molar-refractivity contribution >= 4 is 5.82 Å². The number of hydrogen-bond donors (Lipinski definition) is 1. The lowest BCUT2D eigenvalue weighted by molar-refractivity contribution is 0.0794. The lowest BCUT2D eigenvalue weighted by Gasteiger charge is -2.40. The molecule has 0 aliphatic carbocycles. The topological polar surface area (TPSA) is 54.6 Å². The predicted octanol–water partition coefficient (Wildman–Crippen LogP) is 1.13. The zero-order chi connectivity index (χ0) is 14.7. The number of rotatable bonds is 4. The molecule has 2 aliphatic heterocycles. The van der Waals surface area contributed by atoms with E-state index in [1.165, 1.54) is 37.2 Å². The average molecular weight is 290 g/mol. The number of nitrogen functional groups attached to an aromatic ring is 1. The summed E-state index contributed by atoms with van der Waals surface area (Å²) in [6.07, 6.45) is 3.56. The maximum Gasteiger partial charge on any atom is 0.123 e. The van der Waals surface area contributed by atoms with E-state index in [4.69, 9.17) is 10.5 Å². The van der Waals surface area contributed by atoms with Crippen LogP contribution in [0.25, 0.3) is 0 Å². The Balaban J connectivity index is 1.54. The molecule has 1 aromatic heterocycles. The summed E-state index contributed by atoms with van der Waals surface area (Å²) in [7, 11) is 1.78. The zero-order valence-corrected chi connectivity index (χ0v) is 12.9. The second kappa shape index (κ2) is 6.73. The minimum Gasteiger partial charge on any atom is -0.384 e. The quantitative estimate of drug-likeness (QED) is 0.901. The summed E-state index contributed by atoms with van der Waals surface area (Å²) in [5.41, 5.74) is 8.33. The zero-order valence-electron chi connectivity index (χ0n) is 12.9. The number of aromatic nitrogens is 1. The van der Waals surface area contributed by atoms with Crippen LogP contribution in [0, 0.1) is 0 Å². The van der Waals surface area contributed by atoms with Crippen molar-refractivity contribution < 1.29 is 4.74 Å². The molecular weight excluding hydrogens is 264 g/mol. The molecule has 0 aromatic carbocycles. The van der Waals surface area contributed by atoms with Gasteiger partial charge in [-0.3, -0.25) is 4.90 Å². The Morgan fingerprint density at radius 3 is 2.86 bits per heavy atom. The van der Waals surface area contributed by atoms with E-state index in [1.54, 1.807) is 7.11 Å². The number of hydrogen-bond acceptors (Lipinski definition) is 5. The third-order valence-electron chi connectivity index (χ3n) is 4.78. The van der Waals surface area contributed by atoms with Crippen LogP contribution in [0.5, 0.6) is 0 Å². The molecule has 116 valence electrons. The second-order valence-corrected chi connectivity index (χ2v) is 6.13. The Morgan fingerprint density at radius 1 is 1.29 bits per heavy atom. The lowest BCUT2D eigenvalue weighted by atomic mass is 9.98. The SMILES string of the molecule is COCCN1CCC(N2CCc3nc(N)ccc3C2)CC1. The molecule has 2 aliphatic rings. The molecule has 0 amide bonds. The van der Waals surface area contributed by atoms with E-state index in [9.17, 15) is 0 Å². The van der Waals surface area contributed by atoms with Gasteiger partial charge in [-0.2, -0.15) is 0 Å². The molecule has 0 spiro atoms. The second-order valence-electron chi connectivity index (χ2n) is 6.13. The Morgan fingerprint density at radius 2 is 2.10 bits per heavy atom. The summed E-state index contributed by atoms with van der Waals surface area (Å²) >= 11 is 0. The van der Waals surface area contributed by atoms with Crippen LogP contribution in [-0.2, 0) is 17.7 Å². The molecule has 0 saturated carbocycles. The lowest BCUT2D eigenvalue weighted by Crippen LogP contribution is -2.47. The van der Waals surface area contributed by atoms with Crippen LogP contribution < -0.4 is 5.73 Å². The molecule has 21 heavy (non-hydrogen) atoms. The van der Waals surface area contributed by atoms with Gasteiger partial charge in [0.05, 0.1) is 6.61 Å². The van der Waals surface area contributed by atoms with Gasteiger partial charge < -0.3 is 15.4 Å². The highest BCUT2D eigenvalue weighted by Crippen LogP contribution is 2.24. The van der Waals surface area contributed by atoms with Gasteiger partial charge in [-0.15, -0.1) is 0 Å². The van der Waals surface area contributed by atoms with Crippen molar-refractivity contribution in [2.24, 2.45) is 0 Å². The minimum absolute atomic E-state index is 0.647. The van der Waals surface area contributed by atoms with Crippen molar-refractivity contribution in [1.82, 2.24) is 14.8 Å². The number of pyridine rings is 1. The Labute approximate surface area is 127 Å². The summed E-state index contributed by atoms with van der Waals surface area (Å²) in [5.74, 6) is 0.647. The van der Waals surface area contributed by atoms with Gasteiger partial charge in [-0.05, 0) is 37.6 Å². The molecule has 1 aromatic rings. The molecule has 0 radical (unpaired) electrons. The number of piperidine rings is 1. The van der Waals surface area contributed by atoms with E-state index >= 15 is 0 Å². The van der Waals surface area contributed by atoms with E-state index in [2.05, 4.69) is 20.9 Å². The number of ether oxygens (including phenoxy) is 1. The molecule has 1 fully saturated rings. The summed E-state index contributed by atoms with van der Waals surface area (Å²) < 4.78 is 5.17. The fourth-order valence-electron chi connectivity index (χ4n) is 3.50. The van der Waals surface area contributed by atoms with Gasteiger partial charge in [-0.25, -0.2) is 4.98 Å². The maximum absolute atomic E-state index is 5.77. The molecule has 5 nitrogen and oxygen atoms in total. The van der Waals surface area contributed by atoms with Gasteiger partial charge in [0, 0.05) is 44.9 Å². The van der Waals surface area contributed by atoms with E-state index in [-0.39, 0.29) is 0 Å².